The third-order valence-corrected chi connectivity index (χ3v) is 2.02. The highest BCUT2D eigenvalue weighted by molar-refractivity contribution is 5.70. The van der Waals surface area contributed by atoms with Crippen molar-refractivity contribution >= 4 is 5.97 Å². The van der Waals surface area contributed by atoms with Crippen LogP contribution in [0.3, 0.4) is 0 Å². The lowest BCUT2D eigenvalue weighted by atomic mass is 10.1. The Morgan fingerprint density at radius 3 is 2.29 bits per heavy atom. The average molecular weight is 198 g/mol. The first-order valence-corrected chi connectivity index (χ1v) is 5.53. The fourth-order valence-electron chi connectivity index (χ4n) is 1.30. The number of esters is 1. The Hall–Kier alpha value is -0.790. The average Bonchev–Trinajstić information content (AvgIpc) is 2.10. The van der Waals surface area contributed by atoms with Crippen LogP contribution in [0.25, 0.3) is 0 Å². The molecule has 14 heavy (non-hydrogen) atoms. The zero-order chi connectivity index (χ0) is 10.8. The normalized spacial score (nSPS) is 9.86. The van der Waals surface area contributed by atoms with Crippen LogP contribution in [0.1, 0.15) is 58.8 Å². The molecular formula is C12H22O2. The van der Waals surface area contributed by atoms with E-state index in [1.54, 1.807) is 6.92 Å². The molecule has 0 saturated carbocycles. The molecule has 0 saturated heterocycles. The van der Waals surface area contributed by atoms with Crippen molar-refractivity contribution in [3.63, 3.8) is 0 Å². The number of hydrogen-bond donors (Lipinski definition) is 0. The van der Waals surface area contributed by atoms with Crippen molar-refractivity contribution in [2.45, 2.75) is 58.8 Å². The number of carbonyl (C=O) groups is 1. The number of carbonyl (C=O) groups excluding carboxylic acids is 1. The zero-order valence-corrected chi connectivity index (χ0v) is 9.47. The molecule has 82 valence electrons. The monoisotopic (exact) mass is 198 g/mol. The van der Waals surface area contributed by atoms with Gasteiger partial charge in [0.2, 0.25) is 0 Å². The number of allylic oxidation sites excluding steroid dienone is 1. The van der Waals surface area contributed by atoms with Gasteiger partial charge in [0.05, 0.1) is 5.76 Å². The quantitative estimate of drug-likeness (QED) is 0.337. The minimum absolute atomic E-state index is 0.145. The van der Waals surface area contributed by atoms with Gasteiger partial charge in [-0.1, -0.05) is 45.6 Å². The molecule has 2 heteroatoms. The van der Waals surface area contributed by atoms with Crippen LogP contribution in [0.5, 0.6) is 0 Å². The minimum Gasteiger partial charge on any atom is -0.432 e. The first-order valence-electron chi connectivity index (χ1n) is 5.53. The Labute approximate surface area is 87.3 Å². The molecular weight excluding hydrogens is 176 g/mol. The molecule has 0 rings (SSSR count). The molecule has 0 N–H and O–H groups in total. The molecule has 0 spiro atoms. The third kappa shape index (κ3) is 9.30. The molecule has 2 nitrogen and oxygen atoms in total. The molecule has 0 bridgehead atoms. The molecule has 0 fully saturated rings. The van der Waals surface area contributed by atoms with Gasteiger partial charge in [0.1, 0.15) is 0 Å². The van der Waals surface area contributed by atoms with Crippen LogP contribution in [0.2, 0.25) is 0 Å². The van der Waals surface area contributed by atoms with Crippen molar-refractivity contribution in [3.8, 4) is 0 Å². The van der Waals surface area contributed by atoms with Gasteiger partial charge >= 0.3 is 5.97 Å². The largest absolute Gasteiger partial charge is 0.432 e. The Balaban J connectivity index is 3.19. The van der Waals surface area contributed by atoms with Crippen molar-refractivity contribution in [1.29, 1.82) is 0 Å². The van der Waals surface area contributed by atoms with Gasteiger partial charge in [-0.2, -0.15) is 0 Å². The highest BCUT2D eigenvalue weighted by Gasteiger charge is 2.01. The zero-order valence-electron chi connectivity index (χ0n) is 9.47. The minimum atomic E-state index is -0.145. The van der Waals surface area contributed by atoms with E-state index in [0.29, 0.717) is 12.2 Å². The topological polar surface area (TPSA) is 26.3 Å². The van der Waals surface area contributed by atoms with Crippen molar-refractivity contribution in [2.75, 3.05) is 0 Å². The maximum Gasteiger partial charge on any atom is 0.310 e. The molecule has 0 aliphatic carbocycles. The molecule has 0 radical (unpaired) electrons. The number of ether oxygens (including phenoxy) is 1. The van der Waals surface area contributed by atoms with Crippen molar-refractivity contribution in [2.24, 2.45) is 0 Å². The van der Waals surface area contributed by atoms with Gasteiger partial charge in [0.15, 0.2) is 0 Å². The lowest BCUT2D eigenvalue weighted by Gasteiger charge is -2.02. The summed E-state index contributed by atoms with van der Waals surface area (Å²) in [5.41, 5.74) is 0. The van der Waals surface area contributed by atoms with Gasteiger partial charge < -0.3 is 4.74 Å². The Bertz CT molecular complexity index is 173. The van der Waals surface area contributed by atoms with Crippen LogP contribution in [0, 0.1) is 0 Å². The van der Waals surface area contributed by atoms with E-state index >= 15 is 0 Å². The lowest BCUT2D eigenvalue weighted by Crippen LogP contribution is -2.01. The Kier molecular flexibility index (Phi) is 8.30. The van der Waals surface area contributed by atoms with E-state index in [4.69, 9.17) is 4.74 Å². The van der Waals surface area contributed by atoms with E-state index < -0.39 is 0 Å². The fraction of sp³-hybridized carbons (Fsp3) is 0.750. The lowest BCUT2D eigenvalue weighted by molar-refractivity contribution is -0.139. The van der Waals surface area contributed by atoms with E-state index in [2.05, 4.69) is 13.5 Å². The van der Waals surface area contributed by atoms with E-state index in [-0.39, 0.29) is 5.97 Å². The standard InChI is InChI=1S/C12H22O2/c1-4-5-6-7-8-9-10-12(13)14-11(2)3/h2,4-10H2,1,3H3. The van der Waals surface area contributed by atoms with Crippen molar-refractivity contribution in [1.82, 2.24) is 0 Å². The maximum absolute atomic E-state index is 11.1. The Morgan fingerprint density at radius 1 is 1.14 bits per heavy atom. The van der Waals surface area contributed by atoms with E-state index in [1.165, 1.54) is 25.7 Å². The van der Waals surface area contributed by atoms with Gasteiger partial charge in [0, 0.05) is 6.42 Å². The van der Waals surface area contributed by atoms with E-state index in [1.807, 2.05) is 0 Å². The third-order valence-electron chi connectivity index (χ3n) is 2.02. The SMILES string of the molecule is C=C(C)OC(=O)CCCCCCCC. The Morgan fingerprint density at radius 2 is 1.71 bits per heavy atom. The summed E-state index contributed by atoms with van der Waals surface area (Å²) in [4.78, 5) is 11.1. The highest BCUT2D eigenvalue weighted by atomic mass is 16.5. The van der Waals surface area contributed by atoms with E-state index in [0.717, 1.165) is 12.8 Å². The van der Waals surface area contributed by atoms with Crippen LogP contribution in [-0.4, -0.2) is 5.97 Å². The predicted molar refractivity (Wildman–Crippen MR) is 58.9 cm³/mol. The van der Waals surface area contributed by atoms with Crippen molar-refractivity contribution < 1.29 is 9.53 Å². The molecule has 0 heterocycles. The molecule has 0 aromatic rings. The fourth-order valence-corrected chi connectivity index (χ4v) is 1.30. The molecule has 0 aromatic heterocycles. The number of hydrogen-bond acceptors (Lipinski definition) is 2. The van der Waals surface area contributed by atoms with Gasteiger partial charge in [-0.3, -0.25) is 4.79 Å². The number of unbranched alkanes of at least 4 members (excludes halogenated alkanes) is 5. The molecule has 0 unspecified atom stereocenters. The maximum atomic E-state index is 11.1. The van der Waals surface area contributed by atoms with Crippen LogP contribution in [0.15, 0.2) is 12.3 Å². The van der Waals surface area contributed by atoms with Gasteiger partial charge in [-0.05, 0) is 13.3 Å². The van der Waals surface area contributed by atoms with Crippen LogP contribution >= 0.6 is 0 Å². The van der Waals surface area contributed by atoms with Crippen molar-refractivity contribution in [3.05, 3.63) is 12.3 Å². The summed E-state index contributed by atoms with van der Waals surface area (Å²) < 4.78 is 4.84. The summed E-state index contributed by atoms with van der Waals surface area (Å²) in [5.74, 6) is 0.342. The van der Waals surface area contributed by atoms with Gasteiger partial charge in [0.25, 0.3) is 0 Å². The summed E-state index contributed by atoms with van der Waals surface area (Å²) in [5, 5.41) is 0. The second-order valence-corrected chi connectivity index (χ2v) is 3.69. The predicted octanol–water partition coefficient (Wildman–Crippen LogP) is 3.81. The summed E-state index contributed by atoms with van der Waals surface area (Å²) >= 11 is 0. The summed E-state index contributed by atoms with van der Waals surface area (Å²) in [6.07, 6.45) is 7.67. The second kappa shape index (κ2) is 8.79. The van der Waals surface area contributed by atoms with Crippen LogP contribution < -0.4 is 0 Å². The molecule has 0 amide bonds. The second-order valence-electron chi connectivity index (χ2n) is 3.69. The van der Waals surface area contributed by atoms with E-state index in [9.17, 15) is 4.79 Å². The molecule has 0 aromatic carbocycles. The first kappa shape index (κ1) is 13.2. The summed E-state index contributed by atoms with van der Waals surface area (Å²) in [6, 6.07) is 0. The van der Waals surface area contributed by atoms with Gasteiger partial charge in [-0.25, -0.2) is 0 Å². The summed E-state index contributed by atoms with van der Waals surface area (Å²) in [6.45, 7) is 7.41. The van der Waals surface area contributed by atoms with Crippen LogP contribution in [-0.2, 0) is 9.53 Å². The smallest absolute Gasteiger partial charge is 0.310 e. The molecule has 0 aliphatic heterocycles. The van der Waals surface area contributed by atoms with Gasteiger partial charge in [-0.15, -0.1) is 0 Å². The van der Waals surface area contributed by atoms with Crippen LogP contribution in [0.4, 0.5) is 0 Å². The first-order chi connectivity index (χ1) is 6.66. The summed E-state index contributed by atoms with van der Waals surface area (Å²) in [7, 11) is 0. The number of rotatable bonds is 8. The molecule has 0 aliphatic rings. The highest BCUT2D eigenvalue weighted by Crippen LogP contribution is 2.08. The molecule has 0 atom stereocenters.